The summed E-state index contributed by atoms with van der Waals surface area (Å²) in [6, 6.07) is 20.0. The van der Waals surface area contributed by atoms with Gasteiger partial charge in [0, 0.05) is 42.1 Å². The van der Waals surface area contributed by atoms with Gasteiger partial charge in [0.25, 0.3) is 0 Å². The van der Waals surface area contributed by atoms with Gasteiger partial charge in [0.15, 0.2) is 0 Å². The zero-order valence-electron chi connectivity index (χ0n) is 10.2. The molecule has 0 spiro atoms. The Balaban J connectivity index is -0.0000000311. The molecular formula is C14H10O4W2-6. The zero-order chi connectivity index (χ0) is 15.1. The van der Waals surface area contributed by atoms with Crippen molar-refractivity contribution in [3.05, 3.63) is 87.3 Å². The summed E-state index contributed by atoms with van der Waals surface area (Å²) in [6.07, 6.45) is 0. The monoisotopic (exact) mass is 610 g/mol. The van der Waals surface area contributed by atoms with Crippen LogP contribution in [-0.4, -0.2) is 0 Å². The Morgan fingerprint density at radius 2 is 0.700 bits per heavy atom. The Labute approximate surface area is 147 Å². The van der Waals surface area contributed by atoms with Crippen LogP contribution in [0.5, 0.6) is 0 Å². The van der Waals surface area contributed by atoms with E-state index in [1.54, 1.807) is 0 Å². The number of rotatable bonds is 0. The average Bonchev–Trinajstić information content (AvgIpc) is 3.25. The molecule has 0 saturated carbocycles. The summed E-state index contributed by atoms with van der Waals surface area (Å²) in [7, 11) is 0. The van der Waals surface area contributed by atoms with Crippen molar-refractivity contribution in [1.29, 1.82) is 0 Å². The predicted molar refractivity (Wildman–Crippen MR) is 59.8 cm³/mol. The van der Waals surface area contributed by atoms with Crippen LogP contribution in [0.4, 0.5) is 0 Å². The first-order chi connectivity index (χ1) is 9.00. The van der Waals surface area contributed by atoms with Gasteiger partial charge in [-0.2, -0.15) is 18.2 Å². The van der Waals surface area contributed by atoms with Gasteiger partial charge >= 0.3 is 45.2 Å². The molecule has 0 N–H and O–H groups in total. The molecule has 0 aliphatic rings. The minimum atomic E-state index is 0. The third-order valence-electron chi connectivity index (χ3n) is 1.11. The minimum Gasteiger partial charge on any atom is -0.748 e. The van der Waals surface area contributed by atoms with Gasteiger partial charge < -0.3 is 30.3 Å². The second-order valence-electron chi connectivity index (χ2n) is 1.92. The van der Waals surface area contributed by atoms with Gasteiger partial charge in [-0.15, -0.1) is 0 Å². The van der Waals surface area contributed by atoms with Crippen molar-refractivity contribution in [3.8, 4) is 0 Å². The van der Waals surface area contributed by atoms with E-state index in [4.69, 9.17) is 18.6 Å². The molecule has 2 rings (SSSR count). The molecular weight excluding hydrogens is 600 g/mol. The fourth-order valence-corrected chi connectivity index (χ4v) is 0.642. The van der Waals surface area contributed by atoms with Gasteiger partial charge in [0.2, 0.25) is 0 Å². The second-order valence-corrected chi connectivity index (χ2v) is 1.92. The Hall–Kier alpha value is -0.963. The Morgan fingerprint density at radius 3 is 0.800 bits per heavy atom. The Kier molecular flexibility index (Phi) is 117. The summed E-state index contributed by atoms with van der Waals surface area (Å²) < 4.78 is 30.0. The summed E-state index contributed by atoms with van der Waals surface area (Å²) >= 11 is 0. The molecule has 0 aliphatic carbocycles. The molecule has 0 atom stereocenters. The minimum absolute atomic E-state index is 0. The molecule has 0 amide bonds. The topological polar surface area (TPSA) is 79.6 Å². The maximum Gasteiger partial charge on any atom is 0 e. The SMILES string of the molecule is [C-]#[O+].[C-]#[O+].[C-]#[O+].[C-]#[O+].[W].[W].[cH-]1[cH-][cH-][cH-][cH-]1.c1cc[cH-]c1. The first-order valence-electron chi connectivity index (χ1n) is 4.15. The second kappa shape index (κ2) is 64.1. The van der Waals surface area contributed by atoms with Crippen LogP contribution in [0.1, 0.15) is 0 Å². The number of hydrogen-bond acceptors (Lipinski definition) is 0. The molecule has 0 unspecified atom stereocenters. The van der Waals surface area contributed by atoms with Crippen molar-refractivity contribution in [2.45, 2.75) is 0 Å². The smallest absolute Gasteiger partial charge is 0 e. The van der Waals surface area contributed by atoms with Crippen molar-refractivity contribution < 1.29 is 60.7 Å². The van der Waals surface area contributed by atoms with E-state index >= 15 is 0 Å². The van der Waals surface area contributed by atoms with Crippen LogP contribution in [0.15, 0.2) is 60.7 Å². The summed E-state index contributed by atoms with van der Waals surface area (Å²) in [5.41, 5.74) is 0. The van der Waals surface area contributed by atoms with Crippen molar-refractivity contribution in [1.82, 2.24) is 0 Å². The van der Waals surface area contributed by atoms with Gasteiger partial charge in [-0.1, -0.05) is 0 Å². The maximum atomic E-state index is 7.50. The first kappa shape index (κ1) is 36.4. The fraction of sp³-hybridized carbons (Fsp3) is 0. The van der Waals surface area contributed by atoms with E-state index < -0.39 is 0 Å². The molecule has 0 radical (unpaired) electrons. The van der Waals surface area contributed by atoms with E-state index in [2.05, 4.69) is 26.6 Å². The number of hydrogen-bond donors (Lipinski definition) is 0. The molecule has 0 fully saturated rings. The summed E-state index contributed by atoms with van der Waals surface area (Å²) in [5, 5.41) is 0. The van der Waals surface area contributed by atoms with Crippen molar-refractivity contribution in [2.24, 2.45) is 0 Å². The third-order valence-corrected chi connectivity index (χ3v) is 1.11. The van der Waals surface area contributed by atoms with E-state index in [0.29, 0.717) is 0 Å². The standard InChI is InChI=1S/2C5H5.4CO.2W/c2*1-2-4-5-3-1;4*1-2;;/h2*1-5H;;;;;;/q-5;-1;;;;;;. The van der Waals surface area contributed by atoms with Crippen LogP contribution in [0.2, 0.25) is 0 Å². The van der Waals surface area contributed by atoms with Crippen LogP contribution < -0.4 is 0 Å². The largest absolute Gasteiger partial charge is 0.748 e. The summed E-state index contributed by atoms with van der Waals surface area (Å²) in [5.74, 6) is 0. The van der Waals surface area contributed by atoms with Crippen LogP contribution in [0, 0.1) is 26.6 Å². The molecule has 2 aromatic carbocycles. The molecule has 0 heterocycles. The molecule has 2 aromatic rings. The summed E-state index contributed by atoms with van der Waals surface area (Å²) in [6.45, 7) is 18.0. The molecule has 0 saturated heterocycles. The Bertz CT molecular complexity index is 274. The van der Waals surface area contributed by atoms with Crippen LogP contribution in [0.25, 0.3) is 0 Å². The molecule has 108 valence electrons. The predicted octanol–water partition coefficient (Wildman–Crippen LogP) is 2.66. The van der Waals surface area contributed by atoms with Gasteiger partial charge in [-0.05, 0) is 0 Å². The van der Waals surface area contributed by atoms with Crippen LogP contribution >= 0.6 is 0 Å². The van der Waals surface area contributed by atoms with Gasteiger partial charge in [0.05, 0.1) is 0 Å². The molecule has 4 nitrogen and oxygen atoms in total. The van der Waals surface area contributed by atoms with Gasteiger partial charge in [-0.25, -0.2) is 12.1 Å². The first-order valence-corrected chi connectivity index (χ1v) is 4.15. The van der Waals surface area contributed by atoms with Crippen molar-refractivity contribution >= 4 is 0 Å². The van der Waals surface area contributed by atoms with E-state index in [-0.39, 0.29) is 42.1 Å². The average molecular weight is 610 g/mol. The molecule has 0 aliphatic heterocycles. The zero-order valence-corrected chi connectivity index (χ0v) is 16.1. The van der Waals surface area contributed by atoms with Crippen molar-refractivity contribution in [2.75, 3.05) is 0 Å². The van der Waals surface area contributed by atoms with Gasteiger partial charge in [-0.3, -0.25) is 0 Å². The van der Waals surface area contributed by atoms with E-state index in [1.807, 2.05) is 60.7 Å². The third kappa shape index (κ3) is 53.7. The maximum absolute atomic E-state index is 7.50. The fourth-order valence-electron chi connectivity index (χ4n) is 0.642. The van der Waals surface area contributed by atoms with Crippen LogP contribution in [-0.2, 0) is 60.7 Å². The Morgan fingerprint density at radius 1 is 0.500 bits per heavy atom. The van der Waals surface area contributed by atoms with Crippen LogP contribution in [0.3, 0.4) is 0 Å². The van der Waals surface area contributed by atoms with E-state index in [0.717, 1.165) is 0 Å². The molecule has 0 bridgehead atoms. The van der Waals surface area contributed by atoms with E-state index in [1.165, 1.54) is 0 Å². The summed E-state index contributed by atoms with van der Waals surface area (Å²) in [4.78, 5) is 0. The van der Waals surface area contributed by atoms with Gasteiger partial charge in [0.1, 0.15) is 0 Å². The molecule has 20 heavy (non-hydrogen) atoms. The molecule has 0 aromatic heterocycles. The normalized spacial score (nSPS) is 4.40. The quantitative estimate of drug-likeness (QED) is 0.325. The molecule has 6 heteroatoms. The van der Waals surface area contributed by atoms with Crippen molar-refractivity contribution in [3.63, 3.8) is 0 Å². The van der Waals surface area contributed by atoms with E-state index in [9.17, 15) is 0 Å².